The first kappa shape index (κ1) is 12.7. The molecule has 0 spiro atoms. The summed E-state index contributed by atoms with van der Waals surface area (Å²) in [6.07, 6.45) is 0.438. The van der Waals surface area contributed by atoms with E-state index in [-0.39, 0.29) is 5.56 Å². The SMILES string of the molecule is NC(Cc1cccs1)c1c(F)cc(Br)cc1F. The molecule has 1 atom stereocenters. The normalized spacial score (nSPS) is 12.7. The van der Waals surface area contributed by atoms with Gasteiger partial charge in [-0.2, -0.15) is 0 Å². The van der Waals surface area contributed by atoms with E-state index in [4.69, 9.17) is 5.73 Å². The van der Waals surface area contributed by atoms with Crippen molar-refractivity contribution in [1.29, 1.82) is 0 Å². The molecule has 17 heavy (non-hydrogen) atoms. The van der Waals surface area contributed by atoms with Crippen LogP contribution >= 0.6 is 27.3 Å². The highest BCUT2D eigenvalue weighted by Gasteiger charge is 2.18. The summed E-state index contributed by atoms with van der Waals surface area (Å²) in [5.41, 5.74) is 5.80. The van der Waals surface area contributed by atoms with Gasteiger partial charge in [0.05, 0.1) is 0 Å². The predicted octanol–water partition coefficient (Wildman–Crippen LogP) is 4.03. The van der Waals surface area contributed by atoms with E-state index in [0.717, 1.165) is 4.88 Å². The lowest BCUT2D eigenvalue weighted by molar-refractivity contribution is 0.524. The van der Waals surface area contributed by atoms with Crippen molar-refractivity contribution in [2.75, 3.05) is 0 Å². The fourth-order valence-corrected chi connectivity index (χ4v) is 2.82. The van der Waals surface area contributed by atoms with Crippen LogP contribution in [-0.4, -0.2) is 0 Å². The summed E-state index contributed by atoms with van der Waals surface area (Å²) in [5, 5.41) is 1.91. The molecular weight excluding hydrogens is 308 g/mol. The second-order valence-electron chi connectivity index (χ2n) is 3.67. The van der Waals surface area contributed by atoms with Crippen molar-refractivity contribution in [3.8, 4) is 0 Å². The zero-order valence-corrected chi connectivity index (χ0v) is 11.2. The van der Waals surface area contributed by atoms with Crippen LogP contribution < -0.4 is 5.73 Å². The zero-order chi connectivity index (χ0) is 12.4. The van der Waals surface area contributed by atoms with Gasteiger partial charge in [-0.05, 0) is 23.6 Å². The smallest absolute Gasteiger partial charge is 0.132 e. The van der Waals surface area contributed by atoms with Crippen LogP contribution in [0.25, 0.3) is 0 Å². The maximum absolute atomic E-state index is 13.6. The van der Waals surface area contributed by atoms with E-state index in [0.29, 0.717) is 10.9 Å². The Morgan fingerprint density at radius 2 is 1.94 bits per heavy atom. The van der Waals surface area contributed by atoms with E-state index in [1.165, 1.54) is 23.5 Å². The summed E-state index contributed by atoms with van der Waals surface area (Å²) >= 11 is 4.56. The van der Waals surface area contributed by atoms with Crippen LogP contribution in [0.1, 0.15) is 16.5 Å². The largest absolute Gasteiger partial charge is 0.323 e. The van der Waals surface area contributed by atoms with Crippen LogP contribution in [0, 0.1) is 11.6 Å². The van der Waals surface area contributed by atoms with Crippen molar-refractivity contribution >= 4 is 27.3 Å². The van der Waals surface area contributed by atoms with Gasteiger partial charge in [0.1, 0.15) is 11.6 Å². The Morgan fingerprint density at radius 3 is 2.47 bits per heavy atom. The lowest BCUT2D eigenvalue weighted by Crippen LogP contribution is -2.16. The monoisotopic (exact) mass is 317 g/mol. The molecule has 0 amide bonds. The highest BCUT2D eigenvalue weighted by Crippen LogP contribution is 2.26. The third-order valence-corrected chi connectivity index (χ3v) is 3.77. The molecule has 1 unspecified atom stereocenters. The Balaban J connectivity index is 2.27. The molecule has 0 aliphatic rings. The van der Waals surface area contributed by atoms with Gasteiger partial charge < -0.3 is 5.73 Å². The van der Waals surface area contributed by atoms with E-state index in [2.05, 4.69) is 15.9 Å². The van der Waals surface area contributed by atoms with Crippen molar-refractivity contribution < 1.29 is 8.78 Å². The summed E-state index contributed by atoms with van der Waals surface area (Å²) in [5.74, 6) is -1.22. The Morgan fingerprint density at radius 1 is 1.29 bits per heavy atom. The van der Waals surface area contributed by atoms with E-state index < -0.39 is 17.7 Å². The Bertz CT molecular complexity index is 490. The molecule has 2 rings (SSSR count). The zero-order valence-electron chi connectivity index (χ0n) is 8.79. The van der Waals surface area contributed by atoms with Gasteiger partial charge in [0, 0.05) is 27.4 Å². The molecule has 0 radical (unpaired) electrons. The van der Waals surface area contributed by atoms with Crippen LogP contribution in [0.3, 0.4) is 0 Å². The van der Waals surface area contributed by atoms with Gasteiger partial charge in [-0.3, -0.25) is 0 Å². The van der Waals surface area contributed by atoms with Crippen LogP contribution in [-0.2, 0) is 6.42 Å². The molecule has 90 valence electrons. The summed E-state index contributed by atoms with van der Waals surface area (Å²) in [6.45, 7) is 0. The molecule has 1 aromatic carbocycles. The van der Waals surface area contributed by atoms with Crippen molar-refractivity contribution in [3.05, 3.63) is 56.2 Å². The molecule has 0 saturated heterocycles. The number of halogens is 3. The molecular formula is C12H10BrF2NS. The fraction of sp³-hybridized carbons (Fsp3) is 0.167. The van der Waals surface area contributed by atoms with Crippen molar-refractivity contribution in [2.45, 2.75) is 12.5 Å². The number of thiophene rings is 1. The van der Waals surface area contributed by atoms with Gasteiger partial charge in [0.2, 0.25) is 0 Å². The second kappa shape index (κ2) is 5.25. The number of rotatable bonds is 3. The maximum atomic E-state index is 13.6. The summed E-state index contributed by atoms with van der Waals surface area (Å²) in [4.78, 5) is 1.01. The average Bonchev–Trinajstić information content (AvgIpc) is 2.68. The van der Waals surface area contributed by atoms with Gasteiger partial charge in [-0.25, -0.2) is 8.78 Å². The van der Waals surface area contributed by atoms with Crippen molar-refractivity contribution in [1.82, 2.24) is 0 Å². The minimum atomic E-state index is -0.665. The highest BCUT2D eigenvalue weighted by molar-refractivity contribution is 9.10. The average molecular weight is 318 g/mol. The van der Waals surface area contributed by atoms with Crippen LogP contribution in [0.4, 0.5) is 8.78 Å². The van der Waals surface area contributed by atoms with Gasteiger partial charge in [0.25, 0.3) is 0 Å². The number of hydrogen-bond donors (Lipinski definition) is 1. The van der Waals surface area contributed by atoms with E-state index in [1.54, 1.807) is 0 Å². The van der Waals surface area contributed by atoms with Crippen LogP contribution in [0.5, 0.6) is 0 Å². The third-order valence-electron chi connectivity index (χ3n) is 2.42. The summed E-state index contributed by atoms with van der Waals surface area (Å²) in [7, 11) is 0. The molecule has 1 aromatic heterocycles. The predicted molar refractivity (Wildman–Crippen MR) is 69.0 cm³/mol. The Hall–Kier alpha value is -0.780. The van der Waals surface area contributed by atoms with E-state index in [9.17, 15) is 8.78 Å². The first-order valence-corrected chi connectivity index (χ1v) is 6.67. The molecule has 1 nitrogen and oxygen atoms in total. The van der Waals surface area contributed by atoms with Crippen LogP contribution in [0.15, 0.2) is 34.1 Å². The standard InChI is InChI=1S/C12H10BrF2NS/c13-7-4-9(14)12(10(15)5-7)11(16)6-8-2-1-3-17-8/h1-5,11H,6,16H2. The summed E-state index contributed by atoms with van der Waals surface area (Å²) < 4.78 is 27.7. The maximum Gasteiger partial charge on any atom is 0.132 e. The van der Waals surface area contributed by atoms with Gasteiger partial charge in [0.15, 0.2) is 0 Å². The topological polar surface area (TPSA) is 26.0 Å². The highest BCUT2D eigenvalue weighted by atomic mass is 79.9. The minimum absolute atomic E-state index is 0.0541. The summed E-state index contributed by atoms with van der Waals surface area (Å²) in [6, 6.07) is 5.58. The Kier molecular flexibility index (Phi) is 3.91. The minimum Gasteiger partial charge on any atom is -0.323 e. The lowest BCUT2D eigenvalue weighted by atomic mass is 10.0. The molecule has 2 N–H and O–H groups in total. The fourth-order valence-electron chi connectivity index (χ4n) is 1.66. The van der Waals surface area contributed by atoms with Gasteiger partial charge in [-0.1, -0.05) is 22.0 Å². The number of benzene rings is 1. The number of hydrogen-bond acceptors (Lipinski definition) is 2. The Labute approximate surface area is 110 Å². The molecule has 0 bridgehead atoms. The van der Waals surface area contributed by atoms with E-state index in [1.807, 2.05) is 17.5 Å². The third kappa shape index (κ3) is 2.91. The van der Waals surface area contributed by atoms with Gasteiger partial charge in [-0.15, -0.1) is 11.3 Å². The molecule has 5 heteroatoms. The first-order chi connectivity index (χ1) is 8.08. The second-order valence-corrected chi connectivity index (χ2v) is 5.62. The lowest BCUT2D eigenvalue weighted by Gasteiger charge is -2.13. The molecule has 1 heterocycles. The molecule has 0 saturated carbocycles. The first-order valence-electron chi connectivity index (χ1n) is 5.00. The molecule has 0 aliphatic carbocycles. The molecule has 0 fully saturated rings. The van der Waals surface area contributed by atoms with Crippen LogP contribution in [0.2, 0.25) is 0 Å². The van der Waals surface area contributed by atoms with Crippen molar-refractivity contribution in [2.24, 2.45) is 5.73 Å². The quantitative estimate of drug-likeness (QED) is 0.908. The van der Waals surface area contributed by atoms with Gasteiger partial charge >= 0.3 is 0 Å². The molecule has 0 aliphatic heterocycles. The number of nitrogens with two attached hydrogens (primary N) is 1. The van der Waals surface area contributed by atoms with Crippen molar-refractivity contribution in [3.63, 3.8) is 0 Å². The molecule has 2 aromatic rings. The van der Waals surface area contributed by atoms with E-state index >= 15 is 0 Å².